The number of primary amides is 1. The summed E-state index contributed by atoms with van der Waals surface area (Å²) in [5.41, 5.74) is 5.92. The number of ether oxygens (including phenoxy) is 2. The van der Waals surface area contributed by atoms with E-state index in [1.54, 1.807) is 7.05 Å². The third kappa shape index (κ3) is 8.95. The van der Waals surface area contributed by atoms with Crippen molar-refractivity contribution in [2.24, 2.45) is 5.73 Å². The van der Waals surface area contributed by atoms with Crippen LogP contribution in [0, 0.1) is 0 Å². The summed E-state index contributed by atoms with van der Waals surface area (Å²) in [7, 11) is -14.6. The fraction of sp³-hybridized carbons (Fsp3) is 0.522. The van der Waals surface area contributed by atoms with Gasteiger partial charge in [-0.1, -0.05) is 0 Å². The van der Waals surface area contributed by atoms with Crippen LogP contribution in [0.4, 0.5) is 5.82 Å². The average molecular weight is 772 g/mol. The van der Waals surface area contributed by atoms with Crippen LogP contribution in [-0.4, -0.2) is 123 Å². The zero-order valence-electron chi connectivity index (χ0n) is 25.6. The van der Waals surface area contributed by atoms with Crippen LogP contribution in [0.2, 0.25) is 0 Å². The maximum absolute atomic E-state index is 12.6. The number of nitrogens with zero attached hydrogens (tertiary/aromatic N) is 5. The number of nitrogens with two attached hydrogens (primary N) is 1. The van der Waals surface area contributed by atoms with E-state index in [0.717, 1.165) is 0 Å². The molecule has 24 nitrogen and oxygen atoms in total. The molecule has 27 heteroatoms. The molecule has 10 atom stereocenters. The summed E-state index contributed by atoms with van der Waals surface area (Å²) in [5, 5.41) is 34.4. The van der Waals surface area contributed by atoms with Gasteiger partial charge in [0.1, 0.15) is 54.0 Å². The van der Waals surface area contributed by atoms with Crippen molar-refractivity contribution in [1.82, 2.24) is 19.5 Å². The molecular formula is C23H33N7O17P3+. The van der Waals surface area contributed by atoms with Crippen LogP contribution in [0.5, 0.6) is 0 Å². The highest BCUT2D eigenvalue weighted by atomic mass is 31.3. The van der Waals surface area contributed by atoms with Gasteiger partial charge in [-0.25, -0.2) is 28.6 Å². The Labute approximate surface area is 280 Å². The lowest BCUT2D eigenvalue weighted by atomic mass is 10.1. The van der Waals surface area contributed by atoms with Gasteiger partial charge >= 0.3 is 23.5 Å². The lowest BCUT2D eigenvalue weighted by Crippen LogP contribution is -2.46. The van der Waals surface area contributed by atoms with E-state index in [1.807, 2.05) is 0 Å². The van der Waals surface area contributed by atoms with Crippen LogP contribution < -0.4 is 15.6 Å². The molecule has 5 heterocycles. The lowest BCUT2D eigenvalue weighted by Gasteiger charge is -2.21. The average Bonchev–Trinajstić information content (AvgIpc) is 3.67. The fourth-order valence-electron chi connectivity index (χ4n) is 5.20. The third-order valence-electron chi connectivity index (χ3n) is 7.46. The van der Waals surface area contributed by atoms with Gasteiger partial charge in [-0.05, 0) is 6.07 Å². The number of carbonyl (C=O) groups excluding carboxylic acids is 1. The number of imidazole rings is 1. The van der Waals surface area contributed by atoms with E-state index in [0.29, 0.717) is 11.3 Å². The number of pyridine rings is 1. The van der Waals surface area contributed by atoms with Gasteiger partial charge in [0.15, 0.2) is 30.0 Å². The number of anilines is 1. The van der Waals surface area contributed by atoms with Gasteiger partial charge in [0.25, 0.3) is 12.1 Å². The molecule has 0 aromatic carbocycles. The minimum Gasteiger partial charge on any atom is -0.387 e. The summed E-state index contributed by atoms with van der Waals surface area (Å²) in [4.78, 5) is 62.9. The molecule has 50 heavy (non-hydrogen) atoms. The monoisotopic (exact) mass is 772 g/mol. The number of phosphoric acid groups is 3. The largest absolute Gasteiger partial charge is 0.481 e. The Balaban J connectivity index is 1.19. The van der Waals surface area contributed by atoms with Crippen molar-refractivity contribution in [1.29, 1.82) is 0 Å². The molecule has 5 rings (SSSR count). The second-order valence-electron chi connectivity index (χ2n) is 10.9. The zero-order chi connectivity index (χ0) is 36.6. The van der Waals surface area contributed by atoms with E-state index in [9.17, 15) is 53.4 Å². The van der Waals surface area contributed by atoms with Crippen molar-refractivity contribution >= 4 is 46.4 Å². The van der Waals surface area contributed by atoms with Crippen molar-refractivity contribution in [2.45, 2.75) is 55.5 Å². The van der Waals surface area contributed by atoms with E-state index in [1.165, 1.54) is 46.3 Å². The number of nitrogens with one attached hydrogen (secondary N) is 1. The summed E-state index contributed by atoms with van der Waals surface area (Å²) in [6.07, 6.45) is -7.42. The molecule has 3 aromatic rings. The highest BCUT2D eigenvalue weighted by molar-refractivity contribution is 7.61. The number of hydrogen-bond acceptors (Lipinski definition) is 17. The van der Waals surface area contributed by atoms with Crippen molar-refractivity contribution in [3.05, 3.63) is 42.7 Å². The number of rotatable bonds is 15. The minimum atomic E-state index is -5.50. The van der Waals surface area contributed by atoms with Gasteiger partial charge in [0.2, 0.25) is 0 Å². The first-order valence-corrected chi connectivity index (χ1v) is 18.8. The molecular weight excluding hydrogens is 739 g/mol. The Morgan fingerprint density at radius 3 is 2.26 bits per heavy atom. The van der Waals surface area contributed by atoms with Crippen molar-refractivity contribution in [2.75, 3.05) is 25.6 Å². The van der Waals surface area contributed by atoms with Crippen LogP contribution in [0.3, 0.4) is 0 Å². The quantitative estimate of drug-likeness (QED) is 0.0566. The first-order chi connectivity index (χ1) is 23.4. The molecule has 0 radical (unpaired) electrons. The SMILES string of the molecule is CNc1ncnc2c1ncn2C[C@H]1O[C@@H](COP(=O)(O)OP(=O)(O)OC[C@H]2O[C@@H]([n+]3cccc(C(N)=O)c3)C(O)[C@H]2O)C(O)[C@H]1OP(=O)(O)O. The van der Waals surface area contributed by atoms with Crippen molar-refractivity contribution in [3.63, 3.8) is 0 Å². The Morgan fingerprint density at radius 2 is 1.64 bits per heavy atom. The Morgan fingerprint density at radius 1 is 0.980 bits per heavy atom. The molecule has 2 aliphatic heterocycles. The zero-order valence-corrected chi connectivity index (χ0v) is 28.3. The second kappa shape index (κ2) is 15.0. The Bertz CT molecular complexity index is 1850. The highest BCUT2D eigenvalue weighted by Gasteiger charge is 2.51. The van der Waals surface area contributed by atoms with Crippen molar-refractivity contribution < 1.29 is 85.3 Å². The summed E-state index contributed by atoms with van der Waals surface area (Å²) in [5.74, 6) is -0.411. The Kier molecular flexibility index (Phi) is 11.5. The number of aromatic nitrogens is 5. The summed E-state index contributed by atoms with van der Waals surface area (Å²) < 4.78 is 69.0. The first kappa shape index (κ1) is 38.4. The number of phosphoric ester groups is 3. The van der Waals surface area contributed by atoms with Crippen LogP contribution in [-0.2, 0) is 47.6 Å². The van der Waals surface area contributed by atoms with E-state index >= 15 is 0 Å². The van der Waals surface area contributed by atoms with Gasteiger partial charge in [0, 0.05) is 13.1 Å². The molecule has 0 spiro atoms. The summed E-state index contributed by atoms with van der Waals surface area (Å²) in [6, 6.07) is 2.80. The van der Waals surface area contributed by atoms with Gasteiger partial charge in [-0.3, -0.25) is 18.4 Å². The fourth-order valence-corrected chi connectivity index (χ4v) is 7.87. The number of hydrogen-bond donors (Lipinski definition) is 9. The van der Waals surface area contributed by atoms with Gasteiger partial charge in [-0.2, -0.15) is 8.88 Å². The molecule has 2 aliphatic rings. The molecule has 2 saturated heterocycles. The Hall–Kier alpha value is -2.86. The molecule has 276 valence electrons. The summed E-state index contributed by atoms with van der Waals surface area (Å²) in [6.45, 7) is -2.22. The third-order valence-corrected chi connectivity index (χ3v) is 10.6. The lowest BCUT2D eigenvalue weighted by molar-refractivity contribution is -0.765. The number of carbonyl (C=O) groups is 1. The highest BCUT2D eigenvalue weighted by Crippen LogP contribution is 2.60. The standard InChI is InChI=1S/C23H32N7O17P3/c1-25-21-15-22(27-9-26-21)30(10-28-15)6-12-19(46-48(35,36)37)17(32)14(44-12)8-43-50(40,41)47-49(38,39)42-7-13-16(31)18(33)23(45-13)29-4-2-3-11(5-29)20(24)34/h2-5,9-10,12-14,16-19,23,31-33H,6-8H2,1H3,(H6-,24,25,26,27,34,35,36,37,38,39,40,41)/p+1/t12-,13-,14+,16+,17?,18?,19+,23-/m1/s1. The predicted octanol–water partition coefficient (Wildman–Crippen LogP) is -2.57. The minimum absolute atomic E-state index is 0.0468. The van der Waals surface area contributed by atoms with Crippen LogP contribution >= 0.6 is 23.5 Å². The number of aliphatic hydroxyl groups is 3. The van der Waals surface area contributed by atoms with Crippen LogP contribution in [0.1, 0.15) is 16.6 Å². The van der Waals surface area contributed by atoms with Gasteiger partial charge in [-0.15, -0.1) is 0 Å². The first-order valence-electron chi connectivity index (χ1n) is 14.3. The molecule has 4 unspecified atom stereocenters. The van der Waals surface area contributed by atoms with Crippen LogP contribution in [0.25, 0.3) is 11.2 Å². The van der Waals surface area contributed by atoms with Crippen LogP contribution in [0.15, 0.2) is 37.2 Å². The molecule has 3 aromatic heterocycles. The topological polar surface area (TPSA) is 351 Å². The molecule has 0 aliphatic carbocycles. The second-order valence-corrected chi connectivity index (χ2v) is 15.1. The maximum atomic E-state index is 12.6. The van der Waals surface area contributed by atoms with E-state index < -0.39 is 91.5 Å². The summed E-state index contributed by atoms with van der Waals surface area (Å²) >= 11 is 0. The van der Waals surface area contributed by atoms with E-state index in [4.69, 9.17) is 28.8 Å². The molecule has 2 fully saturated rings. The van der Waals surface area contributed by atoms with Gasteiger partial charge in [0.05, 0.1) is 26.1 Å². The predicted molar refractivity (Wildman–Crippen MR) is 160 cm³/mol. The maximum Gasteiger partial charge on any atom is 0.481 e. The number of aliphatic hydroxyl groups excluding tert-OH is 3. The smallest absolute Gasteiger partial charge is 0.387 e. The number of amides is 1. The molecule has 1 amide bonds. The van der Waals surface area contributed by atoms with Crippen molar-refractivity contribution in [3.8, 4) is 0 Å². The normalized spacial score (nSPS) is 29.5. The molecule has 0 saturated carbocycles. The molecule has 10 N–H and O–H groups in total. The number of fused-ring (bicyclic) bond motifs is 1. The van der Waals surface area contributed by atoms with Gasteiger partial charge < -0.3 is 60.0 Å². The molecule has 0 bridgehead atoms. The van der Waals surface area contributed by atoms with E-state index in [2.05, 4.69) is 24.6 Å². The van der Waals surface area contributed by atoms with E-state index in [-0.39, 0.29) is 17.8 Å².